The minimum atomic E-state index is -0.915. The van der Waals surface area contributed by atoms with E-state index in [1.807, 2.05) is 47.8 Å². The van der Waals surface area contributed by atoms with Crippen molar-refractivity contribution in [3.05, 3.63) is 58.3 Å². The van der Waals surface area contributed by atoms with E-state index in [0.29, 0.717) is 18.0 Å². The molecule has 0 saturated carbocycles. The van der Waals surface area contributed by atoms with Gasteiger partial charge in [-0.2, -0.15) is 0 Å². The van der Waals surface area contributed by atoms with Gasteiger partial charge in [-0.05, 0) is 30.9 Å². The maximum atomic E-state index is 12.5. The zero-order valence-corrected chi connectivity index (χ0v) is 12.6. The molecular formula is C16H19NO2S. The molecule has 0 unspecified atom stereocenters. The Hall–Kier alpha value is -1.65. The number of hydrogen-bond acceptors (Lipinski definition) is 3. The first-order valence-electron chi connectivity index (χ1n) is 6.55. The maximum Gasteiger partial charge on any atom is 0.264 e. The molecule has 0 bridgehead atoms. The third kappa shape index (κ3) is 4.18. The Morgan fingerprint density at radius 3 is 2.45 bits per heavy atom. The molecule has 106 valence electrons. The molecule has 2 rings (SSSR count). The van der Waals surface area contributed by atoms with Gasteiger partial charge in [0.1, 0.15) is 0 Å². The summed E-state index contributed by atoms with van der Waals surface area (Å²) in [6.07, 6.45) is 0. The van der Waals surface area contributed by atoms with Gasteiger partial charge in [-0.1, -0.05) is 36.4 Å². The van der Waals surface area contributed by atoms with Crippen molar-refractivity contribution in [2.24, 2.45) is 0 Å². The largest absolute Gasteiger partial charge is 0.389 e. The summed E-state index contributed by atoms with van der Waals surface area (Å²) in [4.78, 5) is 14.9. The summed E-state index contributed by atoms with van der Waals surface area (Å²) in [6.45, 7) is 4.24. The summed E-state index contributed by atoms with van der Waals surface area (Å²) < 4.78 is 0. The molecule has 0 aliphatic rings. The van der Waals surface area contributed by atoms with Crippen LogP contribution in [0, 0.1) is 0 Å². The van der Waals surface area contributed by atoms with Gasteiger partial charge in [0.25, 0.3) is 5.91 Å². The number of nitrogens with zero attached hydrogens (tertiary/aromatic N) is 1. The van der Waals surface area contributed by atoms with E-state index in [-0.39, 0.29) is 5.91 Å². The van der Waals surface area contributed by atoms with Crippen molar-refractivity contribution in [3.63, 3.8) is 0 Å². The highest BCUT2D eigenvalue weighted by molar-refractivity contribution is 7.12. The highest BCUT2D eigenvalue weighted by atomic mass is 32.1. The zero-order valence-electron chi connectivity index (χ0n) is 11.7. The molecular weight excluding hydrogens is 270 g/mol. The molecule has 0 spiro atoms. The molecule has 0 saturated heterocycles. The Bertz CT molecular complexity index is 544. The third-order valence-corrected chi connectivity index (χ3v) is 3.67. The highest BCUT2D eigenvalue weighted by Crippen LogP contribution is 2.17. The first kappa shape index (κ1) is 14.8. The minimum absolute atomic E-state index is 0.0361. The number of benzene rings is 1. The predicted molar refractivity (Wildman–Crippen MR) is 81.8 cm³/mol. The normalized spacial score (nSPS) is 11.3. The van der Waals surface area contributed by atoms with Gasteiger partial charge in [-0.15, -0.1) is 11.3 Å². The Labute approximate surface area is 123 Å². The van der Waals surface area contributed by atoms with Gasteiger partial charge in [0.15, 0.2) is 0 Å². The molecule has 4 heteroatoms. The number of carbonyl (C=O) groups is 1. The number of rotatable bonds is 5. The molecule has 1 aromatic heterocycles. The van der Waals surface area contributed by atoms with Crippen LogP contribution in [-0.4, -0.2) is 28.1 Å². The van der Waals surface area contributed by atoms with Crippen molar-refractivity contribution in [2.45, 2.75) is 26.0 Å². The van der Waals surface area contributed by atoms with Crippen LogP contribution in [0.2, 0.25) is 0 Å². The van der Waals surface area contributed by atoms with Gasteiger partial charge in [0.2, 0.25) is 0 Å². The Morgan fingerprint density at radius 2 is 1.90 bits per heavy atom. The second-order valence-electron chi connectivity index (χ2n) is 5.44. The number of carbonyl (C=O) groups excluding carboxylic acids is 1. The summed E-state index contributed by atoms with van der Waals surface area (Å²) in [7, 11) is 0. The second-order valence-corrected chi connectivity index (χ2v) is 6.38. The monoisotopic (exact) mass is 289 g/mol. The molecule has 0 aliphatic heterocycles. The fraction of sp³-hybridized carbons (Fsp3) is 0.312. The molecule has 3 nitrogen and oxygen atoms in total. The van der Waals surface area contributed by atoms with E-state index in [4.69, 9.17) is 0 Å². The van der Waals surface area contributed by atoms with Crippen molar-refractivity contribution < 1.29 is 9.90 Å². The minimum Gasteiger partial charge on any atom is -0.389 e. The topological polar surface area (TPSA) is 40.5 Å². The van der Waals surface area contributed by atoms with Crippen LogP contribution in [-0.2, 0) is 6.54 Å². The van der Waals surface area contributed by atoms with Gasteiger partial charge in [0.05, 0.1) is 10.5 Å². The molecule has 1 N–H and O–H groups in total. The molecule has 1 amide bonds. The fourth-order valence-corrected chi connectivity index (χ4v) is 2.72. The SMILES string of the molecule is CC(C)(O)CN(Cc1ccccc1)C(=O)c1cccs1. The quantitative estimate of drug-likeness (QED) is 0.918. The summed E-state index contributed by atoms with van der Waals surface area (Å²) in [5.41, 5.74) is 0.142. The molecule has 1 heterocycles. The molecule has 20 heavy (non-hydrogen) atoms. The van der Waals surface area contributed by atoms with Crippen LogP contribution in [0.3, 0.4) is 0 Å². The van der Waals surface area contributed by atoms with Crippen LogP contribution in [0.1, 0.15) is 29.1 Å². The molecule has 0 fully saturated rings. The van der Waals surface area contributed by atoms with E-state index in [1.165, 1.54) is 11.3 Å². The molecule has 1 aromatic carbocycles. The lowest BCUT2D eigenvalue weighted by Gasteiger charge is -2.29. The number of amides is 1. The van der Waals surface area contributed by atoms with E-state index in [9.17, 15) is 9.90 Å². The van der Waals surface area contributed by atoms with E-state index in [1.54, 1.807) is 18.7 Å². The number of thiophene rings is 1. The first-order chi connectivity index (χ1) is 9.46. The van der Waals surface area contributed by atoms with Gasteiger partial charge in [0, 0.05) is 13.1 Å². The van der Waals surface area contributed by atoms with Crippen molar-refractivity contribution in [1.82, 2.24) is 4.90 Å². The summed E-state index contributed by atoms with van der Waals surface area (Å²) >= 11 is 1.42. The second kappa shape index (κ2) is 6.20. The Kier molecular flexibility index (Phi) is 4.57. The molecule has 0 atom stereocenters. The third-order valence-electron chi connectivity index (χ3n) is 2.81. The van der Waals surface area contributed by atoms with E-state index in [2.05, 4.69) is 0 Å². The van der Waals surface area contributed by atoms with E-state index in [0.717, 1.165) is 5.56 Å². The standard InChI is InChI=1S/C16H19NO2S/c1-16(2,19)12-17(11-13-7-4-3-5-8-13)15(18)14-9-6-10-20-14/h3-10,19H,11-12H2,1-2H3. The lowest BCUT2D eigenvalue weighted by atomic mass is 10.1. The van der Waals surface area contributed by atoms with Gasteiger partial charge >= 0.3 is 0 Å². The van der Waals surface area contributed by atoms with Crippen LogP contribution in [0.4, 0.5) is 0 Å². The molecule has 0 radical (unpaired) electrons. The van der Waals surface area contributed by atoms with E-state index < -0.39 is 5.60 Å². The van der Waals surface area contributed by atoms with Gasteiger partial charge < -0.3 is 10.0 Å². The summed E-state index contributed by atoms with van der Waals surface area (Å²) in [5, 5.41) is 11.9. The van der Waals surface area contributed by atoms with Crippen molar-refractivity contribution in [2.75, 3.05) is 6.54 Å². The maximum absolute atomic E-state index is 12.5. The Morgan fingerprint density at radius 1 is 1.20 bits per heavy atom. The molecule has 2 aromatic rings. The van der Waals surface area contributed by atoms with Gasteiger partial charge in [-0.25, -0.2) is 0 Å². The highest BCUT2D eigenvalue weighted by Gasteiger charge is 2.24. The summed E-state index contributed by atoms with van der Waals surface area (Å²) in [5.74, 6) is -0.0361. The lowest BCUT2D eigenvalue weighted by molar-refractivity contribution is 0.0283. The summed E-state index contributed by atoms with van der Waals surface area (Å²) in [6, 6.07) is 13.5. The smallest absolute Gasteiger partial charge is 0.264 e. The van der Waals surface area contributed by atoms with Crippen LogP contribution in [0.5, 0.6) is 0 Å². The van der Waals surface area contributed by atoms with E-state index >= 15 is 0 Å². The average Bonchev–Trinajstić information content (AvgIpc) is 2.90. The van der Waals surface area contributed by atoms with Crippen LogP contribution in [0.25, 0.3) is 0 Å². The van der Waals surface area contributed by atoms with Crippen molar-refractivity contribution >= 4 is 17.2 Å². The number of hydrogen-bond donors (Lipinski definition) is 1. The lowest BCUT2D eigenvalue weighted by Crippen LogP contribution is -2.41. The molecule has 0 aliphatic carbocycles. The Balaban J connectivity index is 2.19. The predicted octanol–water partition coefficient (Wildman–Crippen LogP) is 3.16. The first-order valence-corrected chi connectivity index (χ1v) is 7.43. The van der Waals surface area contributed by atoms with Gasteiger partial charge in [-0.3, -0.25) is 4.79 Å². The van der Waals surface area contributed by atoms with Crippen LogP contribution >= 0.6 is 11.3 Å². The average molecular weight is 289 g/mol. The van der Waals surface area contributed by atoms with Crippen LogP contribution < -0.4 is 0 Å². The number of aliphatic hydroxyl groups is 1. The van der Waals surface area contributed by atoms with Crippen molar-refractivity contribution in [1.29, 1.82) is 0 Å². The van der Waals surface area contributed by atoms with Crippen LogP contribution in [0.15, 0.2) is 47.8 Å². The van der Waals surface area contributed by atoms with Crippen molar-refractivity contribution in [3.8, 4) is 0 Å². The zero-order chi connectivity index (χ0) is 14.6. The fourth-order valence-electron chi connectivity index (χ4n) is 2.03.